The molecule has 0 aliphatic heterocycles. The molecule has 0 saturated heterocycles. The molecule has 2 rings (SSSR count). The largest absolute Gasteiger partial charge is 0.308 e. The van der Waals surface area contributed by atoms with Crippen molar-refractivity contribution in [3.8, 4) is 0 Å². The SMILES string of the molecule is CC(C)NCc1nc(CN(C)Cc2ccc(Cl)cc2)cs1. The van der Waals surface area contributed by atoms with Crippen molar-refractivity contribution in [1.29, 1.82) is 0 Å². The maximum Gasteiger partial charge on any atom is 0.107 e. The Balaban J connectivity index is 1.84. The molecule has 0 radical (unpaired) electrons. The van der Waals surface area contributed by atoms with E-state index >= 15 is 0 Å². The van der Waals surface area contributed by atoms with Gasteiger partial charge in [0.25, 0.3) is 0 Å². The molecule has 1 heterocycles. The standard InChI is InChI=1S/C16H22ClN3S/c1-12(2)18-8-16-19-15(11-21-16)10-20(3)9-13-4-6-14(17)7-5-13/h4-7,11-12,18H,8-10H2,1-3H3. The van der Waals surface area contributed by atoms with Crippen molar-refractivity contribution in [3.05, 3.63) is 50.9 Å². The van der Waals surface area contributed by atoms with Gasteiger partial charge in [0, 0.05) is 36.1 Å². The number of benzene rings is 1. The summed E-state index contributed by atoms with van der Waals surface area (Å²) in [7, 11) is 2.11. The first kappa shape index (κ1) is 16.4. The molecule has 114 valence electrons. The third-order valence-electron chi connectivity index (χ3n) is 3.06. The highest BCUT2D eigenvalue weighted by Crippen LogP contribution is 2.14. The van der Waals surface area contributed by atoms with Crippen LogP contribution in [0.5, 0.6) is 0 Å². The molecule has 0 aliphatic carbocycles. The van der Waals surface area contributed by atoms with Crippen LogP contribution in [0.2, 0.25) is 5.02 Å². The molecule has 0 atom stereocenters. The van der Waals surface area contributed by atoms with Crippen LogP contribution in [0, 0.1) is 0 Å². The molecular formula is C16H22ClN3S. The Kier molecular flexibility index (Phi) is 6.18. The minimum absolute atomic E-state index is 0.491. The van der Waals surface area contributed by atoms with Crippen LogP contribution in [-0.4, -0.2) is 23.0 Å². The van der Waals surface area contributed by atoms with E-state index in [2.05, 4.69) is 53.6 Å². The van der Waals surface area contributed by atoms with E-state index in [0.717, 1.165) is 35.4 Å². The minimum atomic E-state index is 0.491. The van der Waals surface area contributed by atoms with Gasteiger partial charge in [-0.25, -0.2) is 4.98 Å². The first-order valence-corrected chi connectivity index (χ1v) is 8.38. The number of nitrogens with zero attached hydrogens (tertiary/aromatic N) is 2. The molecule has 3 nitrogen and oxygen atoms in total. The predicted molar refractivity (Wildman–Crippen MR) is 90.7 cm³/mol. The highest BCUT2D eigenvalue weighted by atomic mass is 35.5. The van der Waals surface area contributed by atoms with Crippen molar-refractivity contribution >= 4 is 22.9 Å². The Morgan fingerprint density at radius 2 is 1.95 bits per heavy atom. The number of rotatable bonds is 7. The quantitative estimate of drug-likeness (QED) is 0.837. The molecule has 0 amide bonds. The molecule has 1 aromatic heterocycles. The van der Waals surface area contributed by atoms with E-state index < -0.39 is 0 Å². The fraction of sp³-hybridized carbons (Fsp3) is 0.438. The molecule has 21 heavy (non-hydrogen) atoms. The van der Waals surface area contributed by atoms with E-state index in [9.17, 15) is 0 Å². The number of hydrogen-bond donors (Lipinski definition) is 1. The van der Waals surface area contributed by atoms with Crippen LogP contribution in [0.1, 0.15) is 30.1 Å². The zero-order valence-electron chi connectivity index (χ0n) is 12.8. The van der Waals surface area contributed by atoms with E-state index in [4.69, 9.17) is 11.6 Å². The van der Waals surface area contributed by atoms with E-state index in [-0.39, 0.29) is 0 Å². The second-order valence-electron chi connectivity index (χ2n) is 5.57. The van der Waals surface area contributed by atoms with Gasteiger partial charge in [-0.3, -0.25) is 4.90 Å². The molecule has 1 aromatic carbocycles. The molecule has 1 N–H and O–H groups in total. The van der Waals surface area contributed by atoms with Gasteiger partial charge in [-0.2, -0.15) is 0 Å². The summed E-state index contributed by atoms with van der Waals surface area (Å²) in [6.07, 6.45) is 0. The summed E-state index contributed by atoms with van der Waals surface area (Å²) in [4.78, 5) is 6.93. The maximum absolute atomic E-state index is 5.90. The summed E-state index contributed by atoms with van der Waals surface area (Å²) in [5.41, 5.74) is 2.40. The van der Waals surface area contributed by atoms with Crippen molar-refractivity contribution in [1.82, 2.24) is 15.2 Å². The summed E-state index contributed by atoms with van der Waals surface area (Å²) in [6, 6.07) is 8.49. The van der Waals surface area contributed by atoms with Crippen molar-refractivity contribution in [3.63, 3.8) is 0 Å². The summed E-state index contributed by atoms with van der Waals surface area (Å²) < 4.78 is 0. The first-order chi connectivity index (χ1) is 10.0. The summed E-state index contributed by atoms with van der Waals surface area (Å²) in [6.45, 7) is 6.90. The van der Waals surface area contributed by atoms with Crippen LogP contribution < -0.4 is 5.32 Å². The summed E-state index contributed by atoms with van der Waals surface area (Å²) in [5, 5.41) is 7.48. The average Bonchev–Trinajstić information content (AvgIpc) is 2.86. The van der Waals surface area contributed by atoms with Crippen molar-refractivity contribution in [2.45, 2.75) is 39.5 Å². The van der Waals surface area contributed by atoms with Gasteiger partial charge in [0.1, 0.15) is 5.01 Å². The van der Waals surface area contributed by atoms with Gasteiger partial charge in [-0.15, -0.1) is 11.3 Å². The van der Waals surface area contributed by atoms with Gasteiger partial charge in [0.05, 0.1) is 5.69 Å². The topological polar surface area (TPSA) is 28.2 Å². The second kappa shape index (κ2) is 7.90. The van der Waals surface area contributed by atoms with Crippen LogP contribution in [-0.2, 0) is 19.6 Å². The first-order valence-electron chi connectivity index (χ1n) is 7.12. The van der Waals surface area contributed by atoms with Crippen LogP contribution in [0.25, 0.3) is 0 Å². The Hall–Kier alpha value is -0.940. The third kappa shape index (κ3) is 5.75. The van der Waals surface area contributed by atoms with E-state index in [1.54, 1.807) is 11.3 Å². The second-order valence-corrected chi connectivity index (χ2v) is 6.95. The van der Waals surface area contributed by atoms with Gasteiger partial charge < -0.3 is 5.32 Å². The minimum Gasteiger partial charge on any atom is -0.308 e. The lowest BCUT2D eigenvalue weighted by Crippen LogP contribution is -2.22. The van der Waals surface area contributed by atoms with Gasteiger partial charge in [0.15, 0.2) is 0 Å². The van der Waals surface area contributed by atoms with Gasteiger partial charge in [0.2, 0.25) is 0 Å². The zero-order chi connectivity index (χ0) is 15.2. The lowest BCUT2D eigenvalue weighted by atomic mass is 10.2. The van der Waals surface area contributed by atoms with Gasteiger partial charge in [-0.05, 0) is 24.7 Å². The van der Waals surface area contributed by atoms with Gasteiger partial charge >= 0.3 is 0 Å². The van der Waals surface area contributed by atoms with E-state index in [1.807, 2.05) is 12.1 Å². The highest BCUT2D eigenvalue weighted by molar-refractivity contribution is 7.09. The van der Waals surface area contributed by atoms with E-state index in [0.29, 0.717) is 6.04 Å². The summed E-state index contributed by atoms with van der Waals surface area (Å²) >= 11 is 7.63. The van der Waals surface area contributed by atoms with Gasteiger partial charge in [-0.1, -0.05) is 37.6 Å². The number of nitrogens with one attached hydrogen (secondary N) is 1. The van der Waals surface area contributed by atoms with Crippen LogP contribution in [0.3, 0.4) is 0 Å². The Morgan fingerprint density at radius 1 is 1.24 bits per heavy atom. The molecule has 0 bridgehead atoms. The Labute approximate surface area is 136 Å². The number of hydrogen-bond acceptors (Lipinski definition) is 4. The number of aromatic nitrogens is 1. The number of thiazole rings is 1. The molecular weight excluding hydrogens is 302 g/mol. The van der Waals surface area contributed by atoms with Crippen LogP contribution >= 0.6 is 22.9 Å². The molecule has 0 fully saturated rings. The van der Waals surface area contributed by atoms with Crippen molar-refractivity contribution in [2.75, 3.05) is 7.05 Å². The predicted octanol–water partition coefficient (Wildman–Crippen LogP) is 3.93. The lowest BCUT2D eigenvalue weighted by molar-refractivity contribution is 0.315. The third-order valence-corrected chi connectivity index (χ3v) is 4.21. The monoisotopic (exact) mass is 323 g/mol. The van der Waals surface area contributed by atoms with Crippen LogP contribution in [0.15, 0.2) is 29.6 Å². The molecule has 0 aliphatic rings. The van der Waals surface area contributed by atoms with Crippen molar-refractivity contribution in [2.24, 2.45) is 0 Å². The van der Waals surface area contributed by atoms with Crippen LogP contribution in [0.4, 0.5) is 0 Å². The van der Waals surface area contributed by atoms with Crippen molar-refractivity contribution < 1.29 is 0 Å². The smallest absolute Gasteiger partial charge is 0.107 e. The Morgan fingerprint density at radius 3 is 2.62 bits per heavy atom. The lowest BCUT2D eigenvalue weighted by Gasteiger charge is -2.15. The maximum atomic E-state index is 5.90. The normalized spacial score (nSPS) is 11.5. The highest BCUT2D eigenvalue weighted by Gasteiger charge is 2.06. The van der Waals surface area contributed by atoms with E-state index in [1.165, 1.54) is 5.56 Å². The molecule has 2 aromatic rings. The summed E-state index contributed by atoms with van der Waals surface area (Å²) in [5.74, 6) is 0. The number of halogens is 1. The fourth-order valence-electron chi connectivity index (χ4n) is 2.03. The molecule has 0 unspecified atom stereocenters. The Bertz CT molecular complexity index is 551. The zero-order valence-corrected chi connectivity index (χ0v) is 14.3. The molecule has 0 spiro atoms. The average molecular weight is 324 g/mol. The fourth-order valence-corrected chi connectivity index (χ4v) is 2.89. The molecule has 0 saturated carbocycles. The molecule has 5 heteroatoms.